The first-order chi connectivity index (χ1) is 14.1. The number of carbonyl (C=O) groups is 2. The Morgan fingerprint density at radius 1 is 0.931 bits per heavy atom. The molecule has 3 heterocycles. The zero-order chi connectivity index (χ0) is 20.2. The second kappa shape index (κ2) is 9.23. The van der Waals surface area contributed by atoms with E-state index < -0.39 is 0 Å². The Bertz CT molecular complexity index is 730. The molecule has 0 aromatic carbocycles. The van der Waals surface area contributed by atoms with Crippen molar-refractivity contribution in [2.24, 2.45) is 11.8 Å². The smallest absolute Gasteiger partial charge is 0.257 e. The van der Waals surface area contributed by atoms with Crippen molar-refractivity contribution in [1.82, 2.24) is 19.8 Å². The molecular formula is C23H34N4O2. The van der Waals surface area contributed by atoms with Crippen LogP contribution < -0.4 is 0 Å². The van der Waals surface area contributed by atoms with Gasteiger partial charge in [-0.3, -0.25) is 9.59 Å². The Kier molecular flexibility index (Phi) is 6.46. The summed E-state index contributed by atoms with van der Waals surface area (Å²) >= 11 is 0. The number of carbonyl (C=O) groups excluding carboxylic acids is 2. The minimum absolute atomic E-state index is 0.0856. The average Bonchev–Trinajstić information content (AvgIpc) is 3.29. The highest BCUT2D eigenvalue weighted by Gasteiger charge is 2.30. The van der Waals surface area contributed by atoms with E-state index >= 15 is 0 Å². The molecule has 2 amide bonds. The lowest BCUT2D eigenvalue weighted by Gasteiger charge is -2.35. The van der Waals surface area contributed by atoms with Gasteiger partial charge in [0.05, 0.1) is 11.3 Å². The van der Waals surface area contributed by atoms with E-state index in [-0.39, 0.29) is 11.8 Å². The Morgan fingerprint density at radius 2 is 1.62 bits per heavy atom. The molecule has 0 spiro atoms. The van der Waals surface area contributed by atoms with Crippen LogP contribution in [0.5, 0.6) is 0 Å². The minimum Gasteiger partial charge on any atom is -0.342 e. The van der Waals surface area contributed by atoms with Gasteiger partial charge in [0.15, 0.2) is 0 Å². The molecule has 2 aliphatic heterocycles. The average molecular weight is 399 g/mol. The summed E-state index contributed by atoms with van der Waals surface area (Å²) in [5, 5.41) is 0. The molecule has 0 N–H and O–H groups in total. The number of aromatic nitrogens is 2. The highest BCUT2D eigenvalue weighted by molar-refractivity contribution is 5.95. The lowest BCUT2D eigenvalue weighted by atomic mass is 9.86. The normalized spacial score (nSPS) is 21.6. The fourth-order valence-corrected chi connectivity index (χ4v) is 5.18. The molecule has 0 atom stereocenters. The molecule has 1 aromatic heterocycles. The van der Waals surface area contributed by atoms with Crippen LogP contribution >= 0.6 is 0 Å². The quantitative estimate of drug-likeness (QED) is 0.780. The molecule has 0 bridgehead atoms. The molecule has 1 aliphatic carbocycles. The van der Waals surface area contributed by atoms with Gasteiger partial charge in [-0.05, 0) is 57.8 Å². The molecular weight excluding hydrogens is 364 g/mol. The maximum Gasteiger partial charge on any atom is 0.257 e. The summed E-state index contributed by atoms with van der Waals surface area (Å²) in [6.45, 7) is 5.26. The predicted molar refractivity (Wildman–Crippen MR) is 111 cm³/mol. The summed E-state index contributed by atoms with van der Waals surface area (Å²) in [7, 11) is 0. The number of piperidine rings is 1. The van der Waals surface area contributed by atoms with Crippen molar-refractivity contribution in [3.05, 3.63) is 23.3 Å². The second-order valence-corrected chi connectivity index (χ2v) is 9.08. The molecule has 4 rings (SSSR count). The Labute approximate surface area is 174 Å². The van der Waals surface area contributed by atoms with Crippen LogP contribution in [0.3, 0.4) is 0 Å². The molecule has 6 heteroatoms. The molecule has 29 heavy (non-hydrogen) atoms. The Hall–Kier alpha value is -1.98. The van der Waals surface area contributed by atoms with Gasteiger partial charge in [0, 0.05) is 38.3 Å². The summed E-state index contributed by atoms with van der Waals surface area (Å²) < 4.78 is 0. The van der Waals surface area contributed by atoms with E-state index in [1.807, 2.05) is 11.8 Å². The largest absolute Gasteiger partial charge is 0.342 e. The van der Waals surface area contributed by atoms with Gasteiger partial charge in [-0.2, -0.15) is 0 Å². The number of amides is 2. The molecule has 2 saturated heterocycles. The number of hydrogen-bond donors (Lipinski definition) is 0. The van der Waals surface area contributed by atoms with Crippen LogP contribution in [0, 0.1) is 18.8 Å². The van der Waals surface area contributed by atoms with Crippen LogP contribution in [0.4, 0.5) is 0 Å². The number of hydrogen-bond acceptors (Lipinski definition) is 4. The van der Waals surface area contributed by atoms with Crippen molar-refractivity contribution in [2.75, 3.05) is 26.2 Å². The lowest BCUT2D eigenvalue weighted by molar-refractivity contribution is -0.138. The lowest BCUT2D eigenvalue weighted by Crippen LogP contribution is -2.42. The third-order valence-electron chi connectivity index (χ3n) is 6.97. The third-order valence-corrected chi connectivity index (χ3v) is 6.97. The van der Waals surface area contributed by atoms with Crippen LogP contribution in [-0.4, -0.2) is 57.8 Å². The number of aryl methyl sites for hydroxylation is 1. The summed E-state index contributed by atoms with van der Waals surface area (Å²) in [5.74, 6) is 1.93. The molecule has 1 aromatic rings. The van der Waals surface area contributed by atoms with Gasteiger partial charge >= 0.3 is 0 Å². The van der Waals surface area contributed by atoms with E-state index in [4.69, 9.17) is 0 Å². The van der Waals surface area contributed by atoms with Crippen LogP contribution in [0.2, 0.25) is 0 Å². The second-order valence-electron chi connectivity index (χ2n) is 9.08. The maximum absolute atomic E-state index is 12.9. The zero-order valence-electron chi connectivity index (χ0n) is 17.7. The molecule has 158 valence electrons. The predicted octanol–water partition coefficient (Wildman–Crippen LogP) is 3.38. The van der Waals surface area contributed by atoms with E-state index in [0.29, 0.717) is 17.4 Å². The summed E-state index contributed by atoms with van der Waals surface area (Å²) in [4.78, 5) is 38.7. The number of nitrogens with zero attached hydrogens (tertiary/aromatic N) is 4. The Balaban J connectivity index is 1.37. The fourth-order valence-electron chi connectivity index (χ4n) is 5.18. The molecule has 3 aliphatic rings. The zero-order valence-corrected chi connectivity index (χ0v) is 17.7. The van der Waals surface area contributed by atoms with Gasteiger partial charge in [0.2, 0.25) is 5.91 Å². The van der Waals surface area contributed by atoms with Crippen LogP contribution in [-0.2, 0) is 11.2 Å². The van der Waals surface area contributed by atoms with Gasteiger partial charge in [0.1, 0.15) is 5.82 Å². The SMILES string of the molecule is Cc1ncc(C(=O)N2CCCC2)c(CC2CCN(C(=O)C3CCCCC3)CC2)n1. The van der Waals surface area contributed by atoms with Crippen molar-refractivity contribution in [3.8, 4) is 0 Å². The molecule has 0 radical (unpaired) electrons. The number of rotatable bonds is 4. The number of likely N-dealkylation sites (tertiary alicyclic amines) is 2. The van der Waals surface area contributed by atoms with Crippen molar-refractivity contribution in [1.29, 1.82) is 0 Å². The van der Waals surface area contributed by atoms with E-state index in [2.05, 4.69) is 14.9 Å². The van der Waals surface area contributed by atoms with Crippen molar-refractivity contribution < 1.29 is 9.59 Å². The molecule has 0 unspecified atom stereocenters. The third kappa shape index (κ3) is 4.78. The van der Waals surface area contributed by atoms with Crippen molar-refractivity contribution in [3.63, 3.8) is 0 Å². The highest BCUT2D eigenvalue weighted by atomic mass is 16.2. The highest BCUT2D eigenvalue weighted by Crippen LogP contribution is 2.29. The van der Waals surface area contributed by atoms with Crippen LogP contribution in [0.1, 0.15) is 79.7 Å². The summed E-state index contributed by atoms with van der Waals surface area (Å²) in [5.41, 5.74) is 1.57. The standard InChI is InChI=1S/C23H34N4O2/c1-17-24-16-20(23(29)26-11-5-6-12-26)21(25-17)15-18-9-13-27(14-10-18)22(28)19-7-3-2-4-8-19/h16,18-19H,2-15H2,1H3. The Morgan fingerprint density at radius 3 is 2.31 bits per heavy atom. The first-order valence-corrected chi connectivity index (χ1v) is 11.5. The summed E-state index contributed by atoms with van der Waals surface area (Å²) in [6.07, 6.45) is 12.5. The van der Waals surface area contributed by atoms with Gasteiger partial charge in [-0.25, -0.2) is 9.97 Å². The first kappa shape index (κ1) is 20.3. The van der Waals surface area contributed by atoms with E-state index in [0.717, 1.165) is 82.6 Å². The van der Waals surface area contributed by atoms with E-state index in [1.54, 1.807) is 6.20 Å². The minimum atomic E-state index is 0.0856. The van der Waals surface area contributed by atoms with E-state index in [1.165, 1.54) is 19.3 Å². The molecule has 6 nitrogen and oxygen atoms in total. The van der Waals surface area contributed by atoms with Gasteiger partial charge in [-0.15, -0.1) is 0 Å². The van der Waals surface area contributed by atoms with E-state index in [9.17, 15) is 9.59 Å². The molecule has 1 saturated carbocycles. The van der Waals surface area contributed by atoms with Crippen LogP contribution in [0.15, 0.2) is 6.20 Å². The topological polar surface area (TPSA) is 66.4 Å². The monoisotopic (exact) mass is 398 g/mol. The van der Waals surface area contributed by atoms with Crippen molar-refractivity contribution in [2.45, 2.75) is 71.1 Å². The van der Waals surface area contributed by atoms with Gasteiger partial charge in [-0.1, -0.05) is 19.3 Å². The van der Waals surface area contributed by atoms with Crippen molar-refractivity contribution >= 4 is 11.8 Å². The molecule has 3 fully saturated rings. The van der Waals surface area contributed by atoms with Gasteiger partial charge < -0.3 is 9.80 Å². The fraction of sp³-hybridized carbons (Fsp3) is 0.739. The first-order valence-electron chi connectivity index (χ1n) is 11.5. The summed E-state index contributed by atoms with van der Waals surface area (Å²) in [6, 6.07) is 0. The van der Waals surface area contributed by atoms with Crippen LogP contribution in [0.25, 0.3) is 0 Å². The van der Waals surface area contributed by atoms with Gasteiger partial charge in [0.25, 0.3) is 5.91 Å². The maximum atomic E-state index is 12.9.